The van der Waals surface area contributed by atoms with Gasteiger partial charge in [-0.2, -0.15) is 9.97 Å². The first-order chi connectivity index (χ1) is 34.6. The van der Waals surface area contributed by atoms with Crippen LogP contribution in [0.2, 0.25) is 0 Å². The van der Waals surface area contributed by atoms with Gasteiger partial charge < -0.3 is 29.7 Å². The number of terminal acetylenes is 1. The predicted molar refractivity (Wildman–Crippen MR) is 269 cm³/mol. The van der Waals surface area contributed by atoms with Crippen LogP contribution in [0, 0.1) is 34.9 Å². The number of likely N-dealkylation sites (tertiary alicyclic amines) is 1. The summed E-state index contributed by atoms with van der Waals surface area (Å²) in [7, 11) is 0. The zero-order chi connectivity index (χ0) is 48.0. The number of halogens is 1. The van der Waals surface area contributed by atoms with Crippen LogP contribution in [0.25, 0.3) is 32.9 Å². The topological polar surface area (TPSA) is 139 Å². The lowest BCUT2D eigenvalue weighted by atomic mass is 9.57. The molecular formula is C56H61FN10O4. The van der Waals surface area contributed by atoms with Gasteiger partial charge in [0.1, 0.15) is 23.1 Å². The molecule has 0 radical (unpaired) electrons. The van der Waals surface area contributed by atoms with Crippen LogP contribution in [0.4, 0.5) is 15.9 Å². The van der Waals surface area contributed by atoms with E-state index in [1.54, 1.807) is 11.1 Å². The Kier molecular flexibility index (Phi) is 11.0. The smallest absolute Gasteiger partial charge is 0.319 e. The first-order valence-electron chi connectivity index (χ1n) is 26.0. The van der Waals surface area contributed by atoms with Crippen molar-refractivity contribution in [1.29, 1.82) is 0 Å². The number of piperidine rings is 2. The second-order valence-electron chi connectivity index (χ2n) is 22.3. The van der Waals surface area contributed by atoms with E-state index < -0.39 is 11.9 Å². The number of ether oxygens (including phenoxy) is 1. The average molecular weight is 957 g/mol. The summed E-state index contributed by atoms with van der Waals surface area (Å²) in [6, 6.07) is 18.0. The summed E-state index contributed by atoms with van der Waals surface area (Å²) in [6.45, 7) is 10.8. The van der Waals surface area contributed by atoms with E-state index in [4.69, 9.17) is 26.1 Å². The lowest BCUT2D eigenvalue weighted by Crippen LogP contribution is -2.53. The van der Waals surface area contributed by atoms with E-state index in [0.717, 1.165) is 119 Å². The molecule has 3 atom stereocenters. The van der Waals surface area contributed by atoms with Crippen molar-refractivity contribution >= 4 is 50.9 Å². The van der Waals surface area contributed by atoms with E-state index in [1.165, 1.54) is 25.7 Å². The first kappa shape index (κ1) is 44.7. The zero-order valence-corrected chi connectivity index (χ0v) is 40.3. The first-order valence-corrected chi connectivity index (χ1v) is 26.0. The van der Waals surface area contributed by atoms with E-state index >= 15 is 4.39 Å². The van der Waals surface area contributed by atoms with Gasteiger partial charge in [-0.25, -0.2) is 4.39 Å². The molecule has 5 saturated heterocycles. The standard InChI is InChI=1S/C56H61FN10O4/c1-2-36-5-3-6-37-7-4-8-43(47(36)37)49-48(57)50-44(28-58-49)51(66-31-39-9-10-40(32-66)59-39)62-54(61-50)71-34-56(15-16-56)33-64-19-17-55(18-20-64)26-35(27-55)29-63-21-23-65(24-22-63)41-11-12-42-38(25-41)30-67(53(42)70)45-13-14-46(68)60-52(45)69/h1,3-8,11-12,25,28,35,39-40,45,59H,9-10,13-24,26-27,29-34H2,(H,60,68,69)/t39?,40?,45-/m0/s1. The number of rotatable bonds is 11. The fourth-order valence-corrected chi connectivity index (χ4v) is 13.6. The number of hydrogen-bond donors (Lipinski definition) is 2. The Hall–Kier alpha value is -6.21. The highest BCUT2D eigenvalue weighted by molar-refractivity contribution is 6.06. The van der Waals surface area contributed by atoms with Crippen molar-refractivity contribution in [1.82, 2.24) is 40.3 Å². The minimum Gasteiger partial charge on any atom is -0.463 e. The van der Waals surface area contributed by atoms with Gasteiger partial charge in [-0.15, -0.1) is 6.42 Å². The van der Waals surface area contributed by atoms with Gasteiger partial charge in [-0.05, 0) is 117 Å². The molecule has 2 N–H and O–H groups in total. The number of nitrogens with zero attached hydrogens (tertiary/aromatic N) is 8. The summed E-state index contributed by atoms with van der Waals surface area (Å²) in [5.41, 5.74) is 5.03. The molecule has 2 unspecified atom stereocenters. The van der Waals surface area contributed by atoms with Crippen molar-refractivity contribution in [3.05, 3.63) is 83.3 Å². The molecule has 2 aliphatic carbocycles. The Morgan fingerprint density at radius 3 is 2.37 bits per heavy atom. The number of nitrogens with one attached hydrogen (secondary N) is 2. The number of hydrogen-bond acceptors (Lipinski definition) is 12. The van der Waals surface area contributed by atoms with E-state index in [1.807, 2.05) is 48.5 Å². The highest BCUT2D eigenvalue weighted by atomic mass is 19.1. The molecule has 6 aliphatic heterocycles. The quantitative estimate of drug-likeness (QED) is 0.116. The highest BCUT2D eigenvalue weighted by Gasteiger charge is 2.50. The molecule has 366 valence electrons. The number of pyridine rings is 1. The molecule has 2 saturated carbocycles. The monoisotopic (exact) mass is 956 g/mol. The molecule has 1 spiro atoms. The van der Waals surface area contributed by atoms with Crippen molar-refractivity contribution in [3.8, 4) is 29.6 Å². The van der Waals surface area contributed by atoms with Crippen molar-refractivity contribution < 1.29 is 23.5 Å². The fourth-order valence-electron chi connectivity index (χ4n) is 13.6. The van der Waals surface area contributed by atoms with Crippen LogP contribution in [-0.2, 0) is 16.1 Å². The number of carbonyl (C=O) groups is 3. The molecule has 8 aliphatic rings. The molecule has 15 heteroatoms. The SMILES string of the molecule is C#Cc1cccc2cccc(-c3ncc4c(N5CC6CCC(C5)N6)nc(OCC5(CN6CCC7(CC6)CC(CN6CCN(c8ccc9c(c8)CN([C@H]8CCC(=O)NC8=O)C9=O)CC6)C7)CC5)nc4c3F)c12. The molecule has 5 aromatic rings. The second-order valence-corrected chi connectivity index (χ2v) is 22.3. The molecule has 14 nitrogen and oxygen atoms in total. The average Bonchev–Trinajstić information content (AvgIpc) is 3.95. The number of aromatic nitrogens is 3. The number of carbonyl (C=O) groups excluding carboxylic acids is 3. The largest absolute Gasteiger partial charge is 0.463 e. The van der Waals surface area contributed by atoms with Crippen molar-refractivity contribution in [2.24, 2.45) is 16.7 Å². The summed E-state index contributed by atoms with van der Waals surface area (Å²) < 4.78 is 23.7. The van der Waals surface area contributed by atoms with Gasteiger partial charge >= 0.3 is 6.01 Å². The number of fused-ring (bicyclic) bond motifs is 5. The normalized spacial score (nSPS) is 25.2. The molecule has 2 bridgehead atoms. The van der Waals surface area contributed by atoms with Gasteiger partial charge in [0.25, 0.3) is 5.91 Å². The van der Waals surface area contributed by atoms with Crippen molar-refractivity contribution in [2.75, 3.05) is 81.9 Å². The van der Waals surface area contributed by atoms with Gasteiger partial charge in [0.15, 0.2) is 5.82 Å². The van der Waals surface area contributed by atoms with Gasteiger partial charge in [0.2, 0.25) is 11.8 Å². The van der Waals surface area contributed by atoms with E-state index in [9.17, 15) is 14.4 Å². The Morgan fingerprint density at radius 1 is 0.845 bits per heavy atom. The summed E-state index contributed by atoms with van der Waals surface area (Å²) in [6.07, 6.45) is 17.8. The Bertz CT molecular complexity index is 3000. The zero-order valence-electron chi connectivity index (χ0n) is 40.3. The van der Waals surface area contributed by atoms with Crippen molar-refractivity contribution in [3.63, 3.8) is 0 Å². The molecule has 13 rings (SSSR count). The van der Waals surface area contributed by atoms with Crippen LogP contribution >= 0.6 is 0 Å². The molecule has 71 heavy (non-hydrogen) atoms. The molecule has 3 amide bonds. The predicted octanol–water partition coefficient (Wildman–Crippen LogP) is 6.14. The molecular weight excluding hydrogens is 896 g/mol. The van der Waals surface area contributed by atoms with Crippen LogP contribution in [0.1, 0.15) is 85.7 Å². The number of amides is 3. The van der Waals surface area contributed by atoms with E-state index in [0.29, 0.717) is 65.0 Å². The van der Waals surface area contributed by atoms with Crippen molar-refractivity contribution in [2.45, 2.75) is 88.9 Å². The number of benzene rings is 3. The van der Waals surface area contributed by atoms with Gasteiger partial charge in [-0.1, -0.05) is 36.3 Å². The number of piperazine rings is 2. The third kappa shape index (κ3) is 8.25. The maximum Gasteiger partial charge on any atom is 0.319 e. The number of imide groups is 1. The van der Waals surface area contributed by atoms with Crippen LogP contribution < -0.4 is 25.2 Å². The second kappa shape index (κ2) is 17.5. The number of anilines is 2. The Balaban J connectivity index is 0.618. The van der Waals surface area contributed by atoms with Gasteiger partial charge in [0, 0.05) is 117 Å². The van der Waals surface area contributed by atoms with E-state index in [2.05, 4.69) is 42.2 Å². The van der Waals surface area contributed by atoms with Crippen LogP contribution in [0.3, 0.4) is 0 Å². The van der Waals surface area contributed by atoms with Gasteiger partial charge in [-0.3, -0.25) is 29.6 Å². The summed E-state index contributed by atoms with van der Waals surface area (Å²) in [5.74, 6) is 2.95. The van der Waals surface area contributed by atoms with Crippen LogP contribution in [0.5, 0.6) is 6.01 Å². The summed E-state index contributed by atoms with van der Waals surface area (Å²) >= 11 is 0. The Morgan fingerprint density at radius 2 is 1.62 bits per heavy atom. The van der Waals surface area contributed by atoms with Crippen LogP contribution in [-0.4, -0.2) is 138 Å². The van der Waals surface area contributed by atoms with E-state index in [-0.39, 0.29) is 46.8 Å². The minimum atomic E-state index is -0.597. The van der Waals surface area contributed by atoms with Crippen LogP contribution in [0.15, 0.2) is 60.8 Å². The van der Waals surface area contributed by atoms with Gasteiger partial charge in [0.05, 0.1) is 12.0 Å². The minimum absolute atomic E-state index is 0.0469. The highest BCUT2D eigenvalue weighted by Crippen LogP contribution is 2.54. The molecule has 8 heterocycles. The maximum atomic E-state index is 17.1. The summed E-state index contributed by atoms with van der Waals surface area (Å²) in [4.78, 5) is 63.7. The Labute approximate surface area is 413 Å². The lowest BCUT2D eigenvalue weighted by molar-refractivity contribution is -0.136. The lowest BCUT2D eigenvalue weighted by Gasteiger charge is -2.54. The molecule has 2 aromatic heterocycles. The molecule has 3 aromatic carbocycles. The molecule has 7 fully saturated rings. The third-order valence-corrected chi connectivity index (χ3v) is 17.6. The summed E-state index contributed by atoms with van der Waals surface area (Å²) in [5, 5.41) is 8.44. The third-order valence-electron chi connectivity index (χ3n) is 17.6. The fraction of sp³-hybridized carbons (Fsp3) is 0.500. The maximum absolute atomic E-state index is 17.1.